The van der Waals surface area contributed by atoms with E-state index in [-0.39, 0.29) is 18.7 Å². The Morgan fingerprint density at radius 3 is 3.00 bits per heavy atom. The van der Waals surface area contributed by atoms with Gasteiger partial charge in [0.25, 0.3) is 5.91 Å². The largest absolute Gasteiger partial charge is 0.454 e. The maximum Gasteiger partial charge on any atom is 0.254 e. The van der Waals surface area contributed by atoms with Crippen molar-refractivity contribution in [1.29, 1.82) is 0 Å². The highest BCUT2D eigenvalue weighted by atomic mass is 16.7. The van der Waals surface area contributed by atoms with Crippen molar-refractivity contribution >= 4 is 11.7 Å². The number of hydrogen-bond acceptors (Lipinski definition) is 5. The first-order valence-corrected chi connectivity index (χ1v) is 8.80. The van der Waals surface area contributed by atoms with E-state index >= 15 is 0 Å². The second-order valence-corrected chi connectivity index (χ2v) is 6.57. The number of carbonyl (C=O) groups excluding carboxylic acids is 1. The Kier molecular flexibility index (Phi) is 3.51. The number of aromatic nitrogens is 3. The summed E-state index contributed by atoms with van der Waals surface area (Å²) in [6, 6.07) is 7.30. The number of carbonyl (C=O) groups is 1. The van der Waals surface area contributed by atoms with Gasteiger partial charge in [0.1, 0.15) is 0 Å². The molecule has 2 aromatic heterocycles. The Labute approximate surface area is 150 Å². The quantitative estimate of drug-likeness (QED) is 0.711. The predicted octanol–water partition coefficient (Wildman–Crippen LogP) is 2.83. The number of hydrogen-bond donors (Lipinski definition) is 0. The number of ether oxygens (including phenoxy) is 2. The number of fused-ring (bicyclic) bond motifs is 2. The molecule has 1 fully saturated rings. The predicted molar refractivity (Wildman–Crippen MR) is 93.2 cm³/mol. The Balaban J connectivity index is 1.48. The summed E-state index contributed by atoms with van der Waals surface area (Å²) >= 11 is 0. The first-order chi connectivity index (χ1) is 12.8. The third kappa shape index (κ3) is 2.47. The first kappa shape index (κ1) is 15.2. The number of rotatable bonds is 2. The molecule has 2 aliphatic rings. The van der Waals surface area contributed by atoms with Crippen LogP contribution in [0.1, 0.15) is 41.4 Å². The van der Waals surface area contributed by atoms with Crippen molar-refractivity contribution < 1.29 is 14.3 Å². The van der Waals surface area contributed by atoms with Gasteiger partial charge in [0.05, 0.1) is 11.7 Å². The first-order valence-electron chi connectivity index (χ1n) is 8.80. The van der Waals surface area contributed by atoms with Crippen molar-refractivity contribution in [1.82, 2.24) is 19.3 Å². The minimum Gasteiger partial charge on any atom is -0.454 e. The summed E-state index contributed by atoms with van der Waals surface area (Å²) in [4.78, 5) is 24.0. The maximum absolute atomic E-state index is 13.2. The lowest BCUT2D eigenvalue weighted by Crippen LogP contribution is -2.38. The van der Waals surface area contributed by atoms with Gasteiger partial charge in [0.15, 0.2) is 11.5 Å². The molecule has 7 nitrogen and oxygen atoms in total. The monoisotopic (exact) mass is 350 g/mol. The van der Waals surface area contributed by atoms with Crippen LogP contribution in [0.5, 0.6) is 11.5 Å². The van der Waals surface area contributed by atoms with Crippen LogP contribution in [0.4, 0.5) is 0 Å². The molecule has 0 unspecified atom stereocenters. The van der Waals surface area contributed by atoms with Crippen LogP contribution in [0.15, 0.2) is 42.9 Å². The Morgan fingerprint density at radius 1 is 1.12 bits per heavy atom. The maximum atomic E-state index is 13.2. The lowest BCUT2D eigenvalue weighted by atomic mass is 9.98. The molecule has 2 aliphatic heterocycles. The van der Waals surface area contributed by atoms with E-state index < -0.39 is 0 Å². The van der Waals surface area contributed by atoms with E-state index in [4.69, 9.17) is 9.47 Å². The zero-order chi connectivity index (χ0) is 17.5. The molecule has 1 aromatic carbocycles. The van der Waals surface area contributed by atoms with Crippen LogP contribution in [-0.4, -0.2) is 38.5 Å². The number of imidazole rings is 1. The van der Waals surface area contributed by atoms with E-state index in [0.29, 0.717) is 22.8 Å². The Hall–Kier alpha value is -3.09. The molecule has 5 rings (SSSR count). The van der Waals surface area contributed by atoms with Crippen LogP contribution in [0, 0.1) is 0 Å². The third-order valence-electron chi connectivity index (χ3n) is 5.01. The number of likely N-dealkylation sites (tertiary alicyclic amines) is 1. The van der Waals surface area contributed by atoms with Crippen molar-refractivity contribution in [2.75, 3.05) is 13.3 Å². The zero-order valence-corrected chi connectivity index (χ0v) is 14.2. The lowest BCUT2D eigenvalue weighted by molar-refractivity contribution is 0.0605. The van der Waals surface area contributed by atoms with Gasteiger partial charge in [-0.25, -0.2) is 9.97 Å². The van der Waals surface area contributed by atoms with Crippen LogP contribution >= 0.6 is 0 Å². The van der Waals surface area contributed by atoms with Crippen LogP contribution < -0.4 is 9.47 Å². The topological polar surface area (TPSA) is 69.0 Å². The minimum absolute atomic E-state index is 0.00184. The molecule has 0 saturated carbocycles. The molecule has 1 amide bonds. The van der Waals surface area contributed by atoms with Crippen LogP contribution in [0.25, 0.3) is 5.78 Å². The summed E-state index contributed by atoms with van der Waals surface area (Å²) < 4.78 is 12.6. The molecule has 0 radical (unpaired) electrons. The molecule has 0 spiro atoms. The smallest absolute Gasteiger partial charge is 0.254 e. The van der Waals surface area contributed by atoms with Crippen molar-refractivity contribution in [2.45, 2.75) is 25.3 Å². The third-order valence-corrected chi connectivity index (χ3v) is 5.01. The molecular weight excluding hydrogens is 332 g/mol. The summed E-state index contributed by atoms with van der Waals surface area (Å²) in [5.41, 5.74) is 1.50. The lowest BCUT2D eigenvalue weighted by Gasteiger charge is -2.35. The highest BCUT2D eigenvalue weighted by molar-refractivity contribution is 5.95. The van der Waals surface area contributed by atoms with Gasteiger partial charge in [-0.15, -0.1) is 0 Å². The van der Waals surface area contributed by atoms with Crippen molar-refractivity contribution in [3.63, 3.8) is 0 Å². The van der Waals surface area contributed by atoms with Gasteiger partial charge in [-0.05, 0) is 43.5 Å². The Bertz CT molecular complexity index is 984. The number of amides is 1. The van der Waals surface area contributed by atoms with Crippen molar-refractivity contribution in [3.05, 3.63) is 54.1 Å². The molecule has 1 atom stereocenters. The van der Waals surface area contributed by atoms with Gasteiger partial charge in [-0.1, -0.05) is 0 Å². The van der Waals surface area contributed by atoms with Gasteiger partial charge >= 0.3 is 0 Å². The second kappa shape index (κ2) is 6.01. The zero-order valence-electron chi connectivity index (χ0n) is 14.2. The average Bonchev–Trinajstić information content (AvgIpc) is 3.35. The number of benzene rings is 1. The van der Waals surface area contributed by atoms with E-state index in [1.807, 2.05) is 27.8 Å². The summed E-state index contributed by atoms with van der Waals surface area (Å²) in [7, 11) is 0. The van der Waals surface area contributed by atoms with E-state index in [9.17, 15) is 4.79 Å². The van der Waals surface area contributed by atoms with E-state index in [1.54, 1.807) is 24.4 Å². The summed E-state index contributed by atoms with van der Waals surface area (Å²) in [6.07, 6.45) is 8.52. The minimum atomic E-state index is -0.0385. The van der Waals surface area contributed by atoms with E-state index in [0.717, 1.165) is 31.5 Å². The SMILES string of the molecule is O=C(c1ccc2c(c1)OCO2)N1CCCC[C@@H]1c1ccn2ccnc2n1. The molecule has 0 bridgehead atoms. The second-order valence-electron chi connectivity index (χ2n) is 6.57. The number of piperidine rings is 1. The van der Waals surface area contributed by atoms with Gasteiger partial charge in [0, 0.05) is 30.7 Å². The normalized spacial score (nSPS) is 19.1. The van der Waals surface area contributed by atoms with Gasteiger partial charge in [0.2, 0.25) is 12.6 Å². The van der Waals surface area contributed by atoms with Crippen LogP contribution in [0.2, 0.25) is 0 Å². The van der Waals surface area contributed by atoms with Gasteiger partial charge in [-0.2, -0.15) is 0 Å². The van der Waals surface area contributed by atoms with Crippen LogP contribution in [-0.2, 0) is 0 Å². The summed E-state index contributed by atoms with van der Waals surface area (Å²) in [5, 5.41) is 0. The Morgan fingerprint density at radius 2 is 2.04 bits per heavy atom. The molecule has 26 heavy (non-hydrogen) atoms. The summed E-state index contributed by atoms with van der Waals surface area (Å²) in [5.74, 6) is 1.96. The highest BCUT2D eigenvalue weighted by Crippen LogP contribution is 2.35. The van der Waals surface area contributed by atoms with Crippen molar-refractivity contribution in [2.24, 2.45) is 0 Å². The molecule has 3 aromatic rings. The van der Waals surface area contributed by atoms with E-state index in [1.165, 1.54) is 0 Å². The molecule has 0 N–H and O–H groups in total. The van der Waals surface area contributed by atoms with Crippen molar-refractivity contribution in [3.8, 4) is 11.5 Å². The summed E-state index contributed by atoms with van der Waals surface area (Å²) in [6.45, 7) is 0.923. The number of nitrogens with zero attached hydrogens (tertiary/aromatic N) is 4. The molecule has 1 saturated heterocycles. The molecular formula is C19H18N4O3. The standard InChI is InChI=1S/C19H18N4O3/c24-18(13-4-5-16-17(11-13)26-12-25-16)23-8-2-1-3-15(23)14-6-9-22-10-7-20-19(22)21-14/h4-7,9-11,15H,1-3,8,12H2/t15-/m1/s1. The fourth-order valence-electron chi connectivity index (χ4n) is 3.68. The fraction of sp³-hybridized carbons (Fsp3) is 0.316. The fourth-order valence-corrected chi connectivity index (χ4v) is 3.68. The van der Waals surface area contributed by atoms with Gasteiger partial charge < -0.3 is 14.4 Å². The van der Waals surface area contributed by atoms with E-state index in [2.05, 4.69) is 9.97 Å². The molecule has 4 heterocycles. The average molecular weight is 350 g/mol. The van der Waals surface area contributed by atoms with Crippen LogP contribution in [0.3, 0.4) is 0 Å². The molecule has 7 heteroatoms. The highest BCUT2D eigenvalue weighted by Gasteiger charge is 2.30. The van der Waals surface area contributed by atoms with Gasteiger partial charge in [-0.3, -0.25) is 9.20 Å². The molecule has 132 valence electrons. The molecule has 0 aliphatic carbocycles.